The Morgan fingerprint density at radius 3 is 2.61 bits per heavy atom. The molecular formula is C42H40ClN7O6. The number of nitriles is 1. The number of methoxy groups -OCH3 is 1. The van der Waals surface area contributed by atoms with Gasteiger partial charge >= 0.3 is 5.97 Å². The van der Waals surface area contributed by atoms with Gasteiger partial charge in [-0.25, -0.2) is 4.98 Å². The molecule has 2 aliphatic rings. The molecule has 56 heavy (non-hydrogen) atoms. The van der Waals surface area contributed by atoms with Crippen molar-refractivity contribution in [2.24, 2.45) is 4.99 Å². The minimum absolute atomic E-state index is 0.0206. The number of carboxylic acid groups (broad SMARTS) is 1. The summed E-state index contributed by atoms with van der Waals surface area (Å²) < 4.78 is 18.4. The molecule has 0 radical (unpaired) electrons. The number of benzene rings is 2. The predicted molar refractivity (Wildman–Crippen MR) is 210 cm³/mol. The van der Waals surface area contributed by atoms with Crippen LogP contribution in [-0.2, 0) is 24.4 Å². The normalized spacial score (nSPS) is 15.6. The van der Waals surface area contributed by atoms with Crippen molar-refractivity contribution in [3.63, 3.8) is 0 Å². The second kappa shape index (κ2) is 16.3. The smallest absolute Gasteiger partial charge is 0.326 e. The number of amidine groups is 1. The highest BCUT2D eigenvalue weighted by Gasteiger charge is 2.33. The number of hydrogen-bond acceptors (Lipinski definition) is 12. The van der Waals surface area contributed by atoms with Gasteiger partial charge in [-0.05, 0) is 78.8 Å². The summed E-state index contributed by atoms with van der Waals surface area (Å²) >= 11 is 6.79. The Balaban J connectivity index is 1.17. The highest BCUT2D eigenvalue weighted by Crippen LogP contribution is 2.43. The monoisotopic (exact) mass is 773 g/mol. The first-order valence-electron chi connectivity index (χ1n) is 18.1. The average Bonchev–Trinajstić information content (AvgIpc) is 3.91. The second-order valence-electron chi connectivity index (χ2n) is 13.8. The number of aliphatic hydroxyl groups excluding tert-OH is 1. The third-order valence-electron chi connectivity index (χ3n) is 10.1. The standard InChI is InChI=1S/C42H40ClN7O6/c1-24-28(6-4-7-29(24)35-12-10-33(39(49-35)54-3)37-46-14-15-47-37)30-8-5-9-32-31(30)11-13-36(32)56-40-34(43)17-27(21-48-42(2,23-51)41(52)53)38(50-40)55-22-26-16-25(18-44)19-45-20-26/h4-10,12,16-17,19-20,36,48,51H,11,13-15,21-23H2,1-3H3,(H,46,47)(H,52,53)/t36-,42?/m0/s1. The number of aliphatic hydroxyl groups is 1. The van der Waals surface area contributed by atoms with Gasteiger partial charge in [-0.1, -0.05) is 48.0 Å². The third-order valence-corrected chi connectivity index (χ3v) is 10.4. The van der Waals surface area contributed by atoms with E-state index in [0.717, 1.165) is 64.4 Å². The zero-order valence-corrected chi connectivity index (χ0v) is 31.9. The number of aliphatic carboxylic acids is 1. The minimum atomic E-state index is -1.62. The molecule has 5 aromatic rings. The first kappa shape index (κ1) is 38.2. The van der Waals surface area contributed by atoms with Gasteiger partial charge in [0.15, 0.2) is 0 Å². The van der Waals surface area contributed by atoms with Gasteiger partial charge in [0, 0.05) is 42.2 Å². The van der Waals surface area contributed by atoms with E-state index in [-0.39, 0.29) is 36.0 Å². The van der Waals surface area contributed by atoms with E-state index in [9.17, 15) is 20.3 Å². The molecular weight excluding hydrogens is 734 g/mol. The van der Waals surface area contributed by atoms with Crippen molar-refractivity contribution < 1.29 is 29.2 Å². The van der Waals surface area contributed by atoms with Crippen molar-refractivity contribution >= 4 is 23.4 Å². The number of aromatic nitrogens is 3. The number of halogens is 1. The van der Waals surface area contributed by atoms with E-state index in [4.69, 9.17) is 30.8 Å². The van der Waals surface area contributed by atoms with Gasteiger partial charge in [-0.2, -0.15) is 10.2 Å². The maximum atomic E-state index is 11.9. The van der Waals surface area contributed by atoms with Crippen LogP contribution in [0.15, 0.2) is 78.0 Å². The molecule has 0 saturated heterocycles. The SMILES string of the molecule is COc1nc(-c2cccc(-c3cccc4c3CC[C@@H]4Oc3nc(OCc4cncc(C#N)c4)c(CNC(C)(CO)C(=O)O)cc3Cl)c2C)ccc1C1=NCCN1. The topological polar surface area (TPSA) is 184 Å². The Labute approximate surface area is 329 Å². The molecule has 4 N–H and O–H groups in total. The molecule has 0 amide bonds. The van der Waals surface area contributed by atoms with Crippen LogP contribution in [0.2, 0.25) is 5.02 Å². The molecule has 3 aromatic heterocycles. The summed E-state index contributed by atoms with van der Waals surface area (Å²) in [6, 6.07) is 21.8. The fourth-order valence-electron chi connectivity index (χ4n) is 6.93. The molecule has 7 rings (SSSR count). The van der Waals surface area contributed by atoms with Gasteiger partial charge in [-0.3, -0.25) is 20.1 Å². The highest BCUT2D eigenvalue weighted by atomic mass is 35.5. The summed E-state index contributed by atoms with van der Waals surface area (Å²) in [7, 11) is 1.62. The van der Waals surface area contributed by atoms with Gasteiger partial charge in [-0.15, -0.1) is 0 Å². The van der Waals surface area contributed by atoms with Crippen molar-refractivity contribution in [1.29, 1.82) is 5.26 Å². The van der Waals surface area contributed by atoms with Crippen LogP contribution in [0.3, 0.4) is 0 Å². The lowest BCUT2D eigenvalue weighted by atomic mass is 9.90. The van der Waals surface area contributed by atoms with Crippen LogP contribution in [0.5, 0.6) is 17.6 Å². The second-order valence-corrected chi connectivity index (χ2v) is 14.2. The zero-order chi connectivity index (χ0) is 39.4. The number of pyridine rings is 3. The summed E-state index contributed by atoms with van der Waals surface area (Å²) in [5.74, 6) is 0.384. The Morgan fingerprint density at radius 1 is 1.05 bits per heavy atom. The number of fused-ring (bicyclic) bond motifs is 1. The minimum Gasteiger partial charge on any atom is -0.480 e. The quantitative estimate of drug-likeness (QED) is 0.104. The van der Waals surface area contributed by atoms with Gasteiger partial charge in [0.25, 0.3) is 0 Å². The van der Waals surface area contributed by atoms with Gasteiger partial charge in [0.2, 0.25) is 17.6 Å². The van der Waals surface area contributed by atoms with Crippen LogP contribution < -0.4 is 24.8 Å². The van der Waals surface area contributed by atoms with Crippen LogP contribution in [-0.4, -0.2) is 69.3 Å². The van der Waals surface area contributed by atoms with Crippen molar-refractivity contribution in [2.75, 3.05) is 26.8 Å². The molecule has 0 saturated carbocycles. The van der Waals surface area contributed by atoms with Crippen LogP contribution in [0.1, 0.15) is 58.4 Å². The first-order chi connectivity index (χ1) is 27.1. The maximum absolute atomic E-state index is 11.9. The van der Waals surface area contributed by atoms with Gasteiger partial charge < -0.3 is 29.7 Å². The van der Waals surface area contributed by atoms with E-state index >= 15 is 0 Å². The van der Waals surface area contributed by atoms with E-state index in [1.807, 2.05) is 24.3 Å². The van der Waals surface area contributed by atoms with Crippen LogP contribution in [0.25, 0.3) is 22.4 Å². The molecule has 4 heterocycles. The molecule has 1 aliphatic carbocycles. The molecule has 13 nitrogen and oxygen atoms in total. The van der Waals surface area contributed by atoms with Crippen molar-refractivity contribution in [3.05, 3.63) is 117 Å². The molecule has 0 bridgehead atoms. The van der Waals surface area contributed by atoms with Crippen LogP contribution in [0.4, 0.5) is 0 Å². The molecule has 2 atom stereocenters. The number of ether oxygens (including phenoxy) is 3. The van der Waals surface area contributed by atoms with E-state index in [0.29, 0.717) is 29.0 Å². The number of nitrogens with one attached hydrogen (secondary N) is 2. The summed E-state index contributed by atoms with van der Waals surface area (Å²) in [5.41, 5.74) is 7.91. The average molecular weight is 774 g/mol. The first-order valence-corrected chi connectivity index (χ1v) is 18.5. The summed E-state index contributed by atoms with van der Waals surface area (Å²) in [5, 5.41) is 35.2. The molecule has 286 valence electrons. The van der Waals surface area contributed by atoms with Crippen molar-refractivity contribution in [2.45, 2.75) is 51.5 Å². The third kappa shape index (κ3) is 7.72. The van der Waals surface area contributed by atoms with Crippen molar-refractivity contribution in [3.8, 4) is 46.1 Å². The Bertz CT molecular complexity index is 2380. The number of rotatable bonds is 14. The number of aliphatic imine (C=N–C) groups is 1. The van der Waals surface area contributed by atoms with E-state index < -0.39 is 18.1 Å². The molecule has 14 heteroatoms. The van der Waals surface area contributed by atoms with Crippen LogP contribution in [0, 0.1) is 18.3 Å². The van der Waals surface area contributed by atoms with E-state index in [1.165, 1.54) is 18.7 Å². The number of nitrogens with zero attached hydrogens (tertiary/aromatic N) is 5. The number of carbonyl (C=O) groups is 1. The molecule has 1 aliphatic heterocycles. The molecule has 0 spiro atoms. The lowest BCUT2D eigenvalue weighted by molar-refractivity contribution is -0.145. The number of hydrogen-bond donors (Lipinski definition) is 4. The summed E-state index contributed by atoms with van der Waals surface area (Å²) in [6.45, 7) is 4.33. The van der Waals surface area contributed by atoms with Gasteiger partial charge in [0.05, 0.1) is 37.1 Å². The highest BCUT2D eigenvalue weighted by molar-refractivity contribution is 6.31. The Kier molecular flexibility index (Phi) is 11.2. The van der Waals surface area contributed by atoms with Crippen LogP contribution >= 0.6 is 11.6 Å². The fourth-order valence-corrected chi connectivity index (χ4v) is 7.15. The van der Waals surface area contributed by atoms with E-state index in [1.54, 1.807) is 25.4 Å². The Hall–Kier alpha value is -6.07. The number of carboxylic acids is 1. The largest absolute Gasteiger partial charge is 0.480 e. The molecule has 2 aromatic carbocycles. The van der Waals surface area contributed by atoms with E-state index in [2.05, 4.69) is 62.9 Å². The lowest BCUT2D eigenvalue weighted by Gasteiger charge is -2.24. The van der Waals surface area contributed by atoms with Crippen molar-refractivity contribution in [1.82, 2.24) is 25.6 Å². The summed E-state index contributed by atoms with van der Waals surface area (Å²) in [6.07, 6.45) is 4.12. The lowest BCUT2D eigenvalue weighted by Crippen LogP contribution is -2.52. The Morgan fingerprint density at radius 2 is 1.86 bits per heavy atom. The maximum Gasteiger partial charge on any atom is 0.326 e. The molecule has 0 fully saturated rings. The fraction of sp³-hybridized carbons (Fsp3) is 0.286. The van der Waals surface area contributed by atoms with Gasteiger partial charge in [0.1, 0.15) is 35.2 Å². The molecule has 1 unspecified atom stereocenters. The summed E-state index contributed by atoms with van der Waals surface area (Å²) in [4.78, 5) is 30.1. The predicted octanol–water partition coefficient (Wildman–Crippen LogP) is 5.97. The zero-order valence-electron chi connectivity index (χ0n) is 31.1.